The number of para-hydroxylation sites is 2. The van der Waals surface area contributed by atoms with Crippen molar-refractivity contribution in [3.05, 3.63) is 60.2 Å². The fourth-order valence-electron chi connectivity index (χ4n) is 3.42. The first-order chi connectivity index (χ1) is 14.5. The predicted molar refractivity (Wildman–Crippen MR) is 112 cm³/mol. The van der Waals surface area contributed by atoms with Gasteiger partial charge in [-0.2, -0.15) is 0 Å². The fraction of sp³-hybridized carbons (Fsp3) is 0.348. The predicted octanol–water partition coefficient (Wildman–Crippen LogP) is 2.86. The topological polar surface area (TPSA) is 84.9 Å². The molecule has 7 heteroatoms. The number of ether oxygens (including phenoxy) is 2. The Hall–Kier alpha value is -3.35. The third-order valence-electron chi connectivity index (χ3n) is 4.94. The summed E-state index contributed by atoms with van der Waals surface area (Å²) in [4.78, 5) is 38.6. The number of nitrogens with one attached hydrogen (secondary N) is 1. The fourth-order valence-corrected chi connectivity index (χ4v) is 3.42. The molecular weight excluding hydrogens is 384 g/mol. The molecular formula is C23H26N2O5. The smallest absolute Gasteiger partial charge is 0.311 e. The highest BCUT2D eigenvalue weighted by Crippen LogP contribution is 2.33. The number of carbonyl (C=O) groups excluding carboxylic acids is 3. The van der Waals surface area contributed by atoms with Crippen molar-refractivity contribution in [1.29, 1.82) is 0 Å². The zero-order valence-corrected chi connectivity index (χ0v) is 17.2. The summed E-state index contributed by atoms with van der Waals surface area (Å²) >= 11 is 0. The third kappa shape index (κ3) is 5.17. The van der Waals surface area contributed by atoms with Crippen LogP contribution in [0, 0.1) is 5.92 Å². The van der Waals surface area contributed by atoms with E-state index in [1.54, 1.807) is 12.1 Å². The number of nitrogens with zero attached hydrogens (tertiary/aromatic N) is 1. The van der Waals surface area contributed by atoms with Crippen molar-refractivity contribution in [1.82, 2.24) is 5.32 Å². The lowest BCUT2D eigenvalue weighted by molar-refractivity contribution is -0.152. The van der Waals surface area contributed by atoms with E-state index in [0.717, 1.165) is 5.56 Å². The molecule has 7 nitrogen and oxygen atoms in total. The minimum atomic E-state index is -0.619. The van der Waals surface area contributed by atoms with Crippen molar-refractivity contribution < 1.29 is 23.9 Å². The third-order valence-corrected chi connectivity index (χ3v) is 4.94. The Bertz CT molecular complexity index is 899. The Balaban J connectivity index is 1.53. The number of benzene rings is 2. The molecule has 3 rings (SSSR count). The molecule has 1 fully saturated rings. The molecule has 2 amide bonds. The summed E-state index contributed by atoms with van der Waals surface area (Å²) in [5.41, 5.74) is 1.59. The molecule has 0 bridgehead atoms. The normalized spacial score (nSPS) is 16.8. The molecule has 2 aromatic carbocycles. The number of esters is 1. The minimum absolute atomic E-state index is 0.0430. The molecule has 0 radical (unpaired) electrons. The molecule has 1 aliphatic rings. The Morgan fingerprint density at radius 2 is 1.83 bits per heavy atom. The van der Waals surface area contributed by atoms with Gasteiger partial charge in [0.25, 0.3) is 5.91 Å². The molecule has 1 saturated heterocycles. The molecule has 0 saturated carbocycles. The van der Waals surface area contributed by atoms with E-state index in [1.807, 2.05) is 56.3 Å². The zero-order chi connectivity index (χ0) is 21.5. The maximum Gasteiger partial charge on any atom is 0.311 e. The van der Waals surface area contributed by atoms with Gasteiger partial charge in [-0.05, 0) is 31.5 Å². The van der Waals surface area contributed by atoms with Crippen LogP contribution in [-0.2, 0) is 19.1 Å². The summed E-state index contributed by atoms with van der Waals surface area (Å²) in [6.07, 6.45) is 0.0430. The minimum Gasteiger partial charge on any atom is -0.492 e. The van der Waals surface area contributed by atoms with Crippen LogP contribution < -0.4 is 15.0 Å². The largest absolute Gasteiger partial charge is 0.492 e. The van der Waals surface area contributed by atoms with Gasteiger partial charge in [-0.15, -0.1) is 0 Å². The number of carbonyl (C=O) groups is 3. The number of hydrogen-bond acceptors (Lipinski definition) is 5. The van der Waals surface area contributed by atoms with Gasteiger partial charge in [-0.25, -0.2) is 0 Å². The van der Waals surface area contributed by atoms with Gasteiger partial charge in [0.15, 0.2) is 6.61 Å². The van der Waals surface area contributed by atoms with E-state index in [0.29, 0.717) is 18.0 Å². The van der Waals surface area contributed by atoms with Crippen LogP contribution in [0.25, 0.3) is 0 Å². The first kappa shape index (κ1) is 21.4. The van der Waals surface area contributed by atoms with Gasteiger partial charge >= 0.3 is 5.97 Å². The summed E-state index contributed by atoms with van der Waals surface area (Å²) in [7, 11) is 0. The van der Waals surface area contributed by atoms with Gasteiger partial charge < -0.3 is 19.7 Å². The van der Waals surface area contributed by atoms with E-state index in [-0.39, 0.29) is 37.4 Å². The van der Waals surface area contributed by atoms with Crippen molar-refractivity contribution in [3.63, 3.8) is 0 Å². The monoisotopic (exact) mass is 410 g/mol. The average molecular weight is 410 g/mol. The van der Waals surface area contributed by atoms with Gasteiger partial charge in [0.1, 0.15) is 5.75 Å². The van der Waals surface area contributed by atoms with Crippen LogP contribution in [0.1, 0.15) is 31.9 Å². The first-order valence-electron chi connectivity index (χ1n) is 10.0. The summed E-state index contributed by atoms with van der Waals surface area (Å²) in [6.45, 7) is 4.02. The molecule has 0 unspecified atom stereocenters. The average Bonchev–Trinajstić information content (AvgIpc) is 3.15. The maximum atomic E-state index is 12.5. The van der Waals surface area contributed by atoms with E-state index in [4.69, 9.17) is 9.47 Å². The number of anilines is 1. The van der Waals surface area contributed by atoms with Crippen molar-refractivity contribution in [2.24, 2.45) is 5.92 Å². The van der Waals surface area contributed by atoms with Crippen molar-refractivity contribution in [3.8, 4) is 5.75 Å². The van der Waals surface area contributed by atoms with Crippen LogP contribution in [0.15, 0.2) is 54.6 Å². The zero-order valence-electron chi connectivity index (χ0n) is 17.2. The molecule has 30 heavy (non-hydrogen) atoms. The van der Waals surface area contributed by atoms with Crippen LogP contribution in [-0.4, -0.2) is 37.5 Å². The second kappa shape index (κ2) is 9.91. The quantitative estimate of drug-likeness (QED) is 0.677. The molecule has 0 aromatic heterocycles. The van der Waals surface area contributed by atoms with Gasteiger partial charge in [-0.3, -0.25) is 14.4 Å². The van der Waals surface area contributed by atoms with Crippen molar-refractivity contribution in [2.75, 3.05) is 24.7 Å². The number of amides is 2. The van der Waals surface area contributed by atoms with Crippen molar-refractivity contribution >= 4 is 23.5 Å². The molecule has 1 aliphatic heterocycles. The van der Waals surface area contributed by atoms with Crippen LogP contribution in [0.2, 0.25) is 0 Å². The van der Waals surface area contributed by atoms with Gasteiger partial charge in [0, 0.05) is 13.0 Å². The van der Waals surface area contributed by atoms with E-state index >= 15 is 0 Å². The lowest BCUT2D eigenvalue weighted by Gasteiger charge is -2.20. The molecule has 1 N–H and O–H groups in total. The van der Waals surface area contributed by atoms with Crippen molar-refractivity contribution in [2.45, 2.75) is 26.3 Å². The highest BCUT2D eigenvalue weighted by molar-refractivity contribution is 6.00. The molecule has 1 heterocycles. The maximum absolute atomic E-state index is 12.5. The Morgan fingerprint density at radius 3 is 2.57 bits per heavy atom. The van der Waals surface area contributed by atoms with Crippen LogP contribution in [0.4, 0.5) is 5.69 Å². The molecule has 0 aliphatic carbocycles. The molecule has 158 valence electrons. The second-order valence-electron chi connectivity index (χ2n) is 7.11. The van der Waals surface area contributed by atoms with Crippen LogP contribution in [0.5, 0.6) is 5.75 Å². The first-order valence-corrected chi connectivity index (χ1v) is 10.0. The Morgan fingerprint density at radius 1 is 1.13 bits per heavy atom. The van der Waals surface area contributed by atoms with E-state index in [9.17, 15) is 14.4 Å². The van der Waals surface area contributed by atoms with Crippen LogP contribution >= 0.6 is 0 Å². The highest BCUT2D eigenvalue weighted by atomic mass is 16.5. The summed E-state index contributed by atoms with van der Waals surface area (Å²) in [6, 6.07) is 16.5. The van der Waals surface area contributed by atoms with Gasteiger partial charge in [0.05, 0.1) is 24.3 Å². The number of hydrogen-bond donors (Lipinski definition) is 1. The summed E-state index contributed by atoms with van der Waals surface area (Å²) in [5.74, 6) is -1.14. The SMILES string of the molecule is CCOc1ccccc1N1C[C@H](C(=O)OCC(=O)N[C@@H](C)c2ccccc2)CC1=O. The van der Waals surface area contributed by atoms with Gasteiger partial charge in [-0.1, -0.05) is 42.5 Å². The lowest BCUT2D eigenvalue weighted by Crippen LogP contribution is -2.32. The van der Waals surface area contributed by atoms with E-state index in [2.05, 4.69) is 5.32 Å². The second-order valence-corrected chi connectivity index (χ2v) is 7.11. The Labute approximate surface area is 176 Å². The lowest BCUT2D eigenvalue weighted by atomic mass is 10.1. The number of rotatable bonds is 8. The summed E-state index contributed by atoms with van der Waals surface area (Å²) in [5, 5.41) is 2.80. The Kier molecular flexibility index (Phi) is 7.06. The molecule has 2 atom stereocenters. The van der Waals surface area contributed by atoms with Crippen LogP contribution in [0.3, 0.4) is 0 Å². The van der Waals surface area contributed by atoms with E-state index < -0.39 is 11.9 Å². The standard InChI is InChI=1S/C23H26N2O5/c1-3-29-20-12-8-7-11-19(20)25-14-18(13-22(25)27)23(28)30-15-21(26)24-16(2)17-9-5-4-6-10-17/h4-12,16,18H,3,13-15H2,1-2H3,(H,24,26)/t16-,18+/m0/s1. The highest BCUT2D eigenvalue weighted by Gasteiger charge is 2.37. The van der Waals surface area contributed by atoms with E-state index in [1.165, 1.54) is 4.90 Å². The molecule has 0 spiro atoms. The summed E-state index contributed by atoms with van der Waals surface area (Å²) < 4.78 is 10.8. The molecule has 2 aromatic rings. The van der Waals surface area contributed by atoms with Gasteiger partial charge in [0.2, 0.25) is 5.91 Å².